The maximum Gasteiger partial charge on any atom is 0.328 e. The number of carbonyl (C=O) groups excluding carboxylic acids is 3. The van der Waals surface area contributed by atoms with Crippen LogP contribution in [0.2, 0.25) is 0 Å². The van der Waals surface area contributed by atoms with E-state index in [1.165, 1.54) is 12.1 Å². The van der Waals surface area contributed by atoms with Crippen LogP contribution in [0.3, 0.4) is 0 Å². The van der Waals surface area contributed by atoms with Crippen molar-refractivity contribution < 1.29 is 18.8 Å². The average molecular weight is 324 g/mol. The van der Waals surface area contributed by atoms with Crippen molar-refractivity contribution in [3.05, 3.63) is 76.6 Å². The Morgan fingerprint density at radius 1 is 0.875 bits per heavy atom. The molecule has 3 rings (SSSR count). The molecule has 0 aliphatic carbocycles. The van der Waals surface area contributed by atoms with E-state index in [2.05, 4.69) is 0 Å². The van der Waals surface area contributed by atoms with Crippen molar-refractivity contribution in [1.29, 1.82) is 0 Å². The second-order valence-corrected chi connectivity index (χ2v) is 5.31. The molecule has 120 valence electrons. The van der Waals surface area contributed by atoms with Gasteiger partial charge in [-0.3, -0.25) is 20.2 Å². The van der Waals surface area contributed by atoms with Crippen LogP contribution in [0, 0.1) is 5.82 Å². The summed E-state index contributed by atoms with van der Waals surface area (Å²) >= 11 is 0. The molecule has 6 heteroatoms. The van der Waals surface area contributed by atoms with Gasteiger partial charge in [0.1, 0.15) is 11.4 Å². The quantitative estimate of drug-likeness (QED) is 0.671. The van der Waals surface area contributed by atoms with Crippen LogP contribution in [-0.4, -0.2) is 17.8 Å². The molecule has 0 aromatic heterocycles. The maximum absolute atomic E-state index is 13.7. The minimum absolute atomic E-state index is 0.142. The lowest BCUT2D eigenvalue weighted by Crippen LogP contribution is -2.51. The molecule has 0 spiro atoms. The molecule has 1 heterocycles. The number of rotatable bonds is 3. The van der Waals surface area contributed by atoms with Crippen LogP contribution in [0.1, 0.15) is 16.7 Å². The lowest BCUT2D eigenvalue weighted by molar-refractivity contribution is -0.123. The molecule has 1 aliphatic heterocycles. The fraction of sp³-hybridized carbons (Fsp3) is 0.0556. The van der Waals surface area contributed by atoms with Crippen molar-refractivity contribution in [3.8, 4) is 0 Å². The van der Waals surface area contributed by atoms with E-state index < -0.39 is 17.8 Å². The van der Waals surface area contributed by atoms with Gasteiger partial charge in [0.2, 0.25) is 0 Å². The number of imide groups is 2. The number of hydrogen-bond donors (Lipinski definition) is 2. The lowest BCUT2D eigenvalue weighted by atomic mass is 10.0. The summed E-state index contributed by atoms with van der Waals surface area (Å²) < 4.78 is 13.7. The predicted octanol–water partition coefficient (Wildman–Crippen LogP) is 2.17. The highest BCUT2D eigenvalue weighted by Gasteiger charge is 2.27. The van der Waals surface area contributed by atoms with Gasteiger partial charge in [0.05, 0.1) is 0 Å². The summed E-state index contributed by atoms with van der Waals surface area (Å²) in [5.41, 5.74) is 1.97. The zero-order chi connectivity index (χ0) is 17.1. The lowest BCUT2D eigenvalue weighted by Gasteiger charge is -2.13. The highest BCUT2D eigenvalue weighted by molar-refractivity contribution is 6.31. The van der Waals surface area contributed by atoms with Crippen LogP contribution in [0.4, 0.5) is 9.18 Å². The SMILES string of the molecule is O=C1NC(=O)C(=Cc2ccc(Cc3ccccc3F)cc2)C(=O)N1. The largest absolute Gasteiger partial charge is 0.328 e. The summed E-state index contributed by atoms with van der Waals surface area (Å²) in [7, 11) is 0. The summed E-state index contributed by atoms with van der Waals surface area (Å²) in [6.45, 7) is 0. The molecule has 0 atom stereocenters. The van der Waals surface area contributed by atoms with E-state index in [0.717, 1.165) is 5.56 Å². The Hall–Kier alpha value is -3.28. The van der Waals surface area contributed by atoms with Gasteiger partial charge in [0.25, 0.3) is 11.8 Å². The second-order valence-electron chi connectivity index (χ2n) is 5.31. The van der Waals surface area contributed by atoms with Gasteiger partial charge in [-0.15, -0.1) is 0 Å². The maximum atomic E-state index is 13.7. The highest BCUT2D eigenvalue weighted by atomic mass is 19.1. The zero-order valence-corrected chi connectivity index (χ0v) is 12.5. The number of amides is 4. The van der Waals surface area contributed by atoms with Crippen molar-refractivity contribution in [2.24, 2.45) is 0 Å². The molecular weight excluding hydrogens is 311 g/mol. The fourth-order valence-electron chi connectivity index (χ4n) is 2.37. The molecule has 0 radical (unpaired) electrons. The molecular formula is C18H13FN2O3. The van der Waals surface area contributed by atoms with Crippen LogP contribution in [0.25, 0.3) is 6.08 Å². The molecule has 0 bridgehead atoms. The van der Waals surface area contributed by atoms with E-state index in [1.54, 1.807) is 42.5 Å². The molecule has 1 aliphatic rings. The summed E-state index contributed by atoms with van der Waals surface area (Å²) in [5, 5.41) is 4.02. The Bertz CT molecular complexity index is 835. The fourth-order valence-corrected chi connectivity index (χ4v) is 2.37. The first-order chi connectivity index (χ1) is 11.5. The number of urea groups is 1. The smallest absolute Gasteiger partial charge is 0.273 e. The van der Waals surface area contributed by atoms with E-state index in [1.807, 2.05) is 10.6 Å². The van der Waals surface area contributed by atoms with Crippen LogP contribution in [0.5, 0.6) is 0 Å². The molecule has 1 fully saturated rings. The zero-order valence-electron chi connectivity index (χ0n) is 12.5. The Morgan fingerprint density at radius 3 is 2.12 bits per heavy atom. The van der Waals surface area contributed by atoms with Gasteiger partial charge in [0.15, 0.2) is 0 Å². The highest BCUT2D eigenvalue weighted by Crippen LogP contribution is 2.16. The number of carbonyl (C=O) groups is 3. The van der Waals surface area contributed by atoms with Gasteiger partial charge in [-0.25, -0.2) is 9.18 Å². The molecule has 2 aromatic rings. The monoisotopic (exact) mass is 324 g/mol. The summed E-state index contributed by atoms with van der Waals surface area (Å²) in [5.74, 6) is -1.73. The number of nitrogens with one attached hydrogen (secondary N) is 2. The van der Waals surface area contributed by atoms with Gasteiger partial charge in [-0.05, 0) is 28.8 Å². The Balaban J connectivity index is 1.79. The average Bonchev–Trinajstić information content (AvgIpc) is 2.54. The molecule has 24 heavy (non-hydrogen) atoms. The summed E-state index contributed by atoms with van der Waals surface area (Å²) in [6.07, 6.45) is 1.84. The third kappa shape index (κ3) is 3.38. The first-order valence-corrected chi connectivity index (χ1v) is 7.23. The Labute approximate surface area is 137 Å². The van der Waals surface area contributed by atoms with Gasteiger partial charge in [-0.2, -0.15) is 0 Å². The van der Waals surface area contributed by atoms with Crippen molar-refractivity contribution in [2.45, 2.75) is 6.42 Å². The molecule has 0 unspecified atom stereocenters. The summed E-state index contributed by atoms with van der Waals surface area (Å²) in [6, 6.07) is 12.8. The van der Waals surface area contributed by atoms with Gasteiger partial charge in [0, 0.05) is 6.42 Å². The van der Waals surface area contributed by atoms with Gasteiger partial charge < -0.3 is 0 Å². The topological polar surface area (TPSA) is 75.3 Å². The van der Waals surface area contributed by atoms with Gasteiger partial charge in [-0.1, -0.05) is 42.5 Å². The number of benzene rings is 2. The number of hydrogen-bond acceptors (Lipinski definition) is 3. The Kier molecular flexibility index (Phi) is 4.20. The minimum Gasteiger partial charge on any atom is -0.273 e. The molecule has 1 saturated heterocycles. The summed E-state index contributed by atoms with van der Waals surface area (Å²) in [4.78, 5) is 34.3. The molecule has 2 aromatic carbocycles. The molecule has 0 saturated carbocycles. The predicted molar refractivity (Wildman–Crippen MR) is 85.3 cm³/mol. The van der Waals surface area contributed by atoms with Crippen molar-refractivity contribution in [1.82, 2.24) is 10.6 Å². The first kappa shape index (κ1) is 15.6. The van der Waals surface area contributed by atoms with Crippen LogP contribution >= 0.6 is 0 Å². The number of halogens is 1. The van der Waals surface area contributed by atoms with Crippen LogP contribution in [-0.2, 0) is 16.0 Å². The standard InChI is InChI=1S/C18H13FN2O3/c19-15-4-2-1-3-13(15)9-11-5-7-12(8-6-11)10-14-16(22)20-18(24)21-17(14)23/h1-8,10H,9H2,(H2,20,21,22,23,24). The third-order valence-corrected chi connectivity index (χ3v) is 3.59. The van der Waals surface area contributed by atoms with Crippen molar-refractivity contribution in [3.63, 3.8) is 0 Å². The first-order valence-electron chi connectivity index (χ1n) is 7.23. The van der Waals surface area contributed by atoms with E-state index >= 15 is 0 Å². The van der Waals surface area contributed by atoms with Gasteiger partial charge >= 0.3 is 6.03 Å². The van der Waals surface area contributed by atoms with E-state index in [9.17, 15) is 18.8 Å². The third-order valence-electron chi connectivity index (χ3n) is 3.59. The normalized spacial score (nSPS) is 14.2. The molecule has 2 N–H and O–H groups in total. The van der Waals surface area contributed by atoms with Crippen molar-refractivity contribution >= 4 is 23.9 Å². The van der Waals surface area contributed by atoms with Crippen LogP contribution in [0.15, 0.2) is 54.1 Å². The Morgan fingerprint density at radius 2 is 1.50 bits per heavy atom. The van der Waals surface area contributed by atoms with Crippen molar-refractivity contribution in [2.75, 3.05) is 0 Å². The molecule has 5 nitrogen and oxygen atoms in total. The molecule has 4 amide bonds. The van der Waals surface area contributed by atoms with E-state index in [0.29, 0.717) is 17.5 Å². The minimum atomic E-state index is -0.831. The second kappa shape index (κ2) is 6.45. The van der Waals surface area contributed by atoms with Crippen LogP contribution < -0.4 is 10.6 Å². The number of barbiturate groups is 1. The van der Waals surface area contributed by atoms with E-state index in [-0.39, 0.29) is 11.4 Å². The van der Waals surface area contributed by atoms with E-state index in [4.69, 9.17) is 0 Å².